The van der Waals surface area contributed by atoms with Gasteiger partial charge in [0.15, 0.2) is 0 Å². The maximum atomic E-state index is 11.2. The number of methoxy groups -OCH3 is 1. The molecule has 14 heavy (non-hydrogen) atoms. The van der Waals surface area contributed by atoms with Crippen LogP contribution in [0.1, 0.15) is 32.1 Å². The second-order valence-corrected chi connectivity index (χ2v) is 4.33. The van der Waals surface area contributed by atoms with Crippen molar-refractivity contribution in [3.05, 3.63) is 0 Å². The standard InChI is InChI=1S/C11H18O3/c1-13-11(12)7-8-3-2-4-10-9(8)5-6-14-10/h8-10H,2-7H2,1H3/t8-,9+,10+/m0/s1. The molecule has 2 aliphatic rings. The van der Waals surface area contributed by atoms with E-state index >= 15 is 0 Å². The molecule has 0 aromatic carbocycles. The summed E-state index contributed by atoms with van der Waals surface area (Å²) in [4.78, 5) is 11.2. The molecule has 0 spiro atoms. The SMILES string of the molecule is COC(=O)C[C@@H]1CCC[C@H]2OCC[C@H]12. The molecule has 1 aliphatic carbocycles. The van der Waals surface area contributed by atoms with Gasteiger partial charge >= 0.3 is 5.97 Å². The predicted octanol–water partition coefficient (Wildman–Crippen LogP) is 1.75. The molecule has 0 bridgehead atoms. The van der Waals surface area contributed by atoms with Gasteiger partial charge in [0.05, 0.1) is 13.2 Å². The van der Waals surface area contributed by atoms with Crippen LogP contribution in [0.25, 0.3) is 0 Å². The summed E-state index contributed by atoms with van der Waals surface area (Å²) in [6.07, 6.45) is 5.69. The normalized spacial score (nSPS) is 36.5. The summed E-state index contributed by atoms with van der Waals surface area (Å²) in [6, 6.07) is 0. The second-order valence-electron chi connectivity index (χ2n) is 4.33. The molecule has 1 heterocycles. The van der Waals surface area contributed by atoms with Gasteiger partial charge in [-0.2, -0.15) is 0 Å². The highest BCUT2D eigenvalue weighted by atomic mass is 16.5. The Labute approximate surface area is 84.8 Å². The quantitative estimate of drug-likeness (QED) is 0.634. The van der Waals surface area contributed by atoms with E-state index in [0.717, 1.165) is 13.0 Å². The smallest absolute Gasteiger partial charge is 0.305 e. The first kappa shape index (κ1) is 9.97. The van der Waals surface area contributed by atoms with Crippen LogP contribution in [-0.2, 0) is 14.3 Å². The molecule has 0 radical (unpaired) electrons. The van der Waals surface area contributed by atoms with Crippen molar-refractivity contribution in [2.24, 2.45) is 11.8 Å². The third-order valence-electron chi connectivity index (χ3n) is 3.59. The zero-order chi connectivity index (χ0) is 9.97. The summed E-state index contributed by atoms with van der Waals surface area (Å²) in [5, 5.41) is 0. The molecule has 2 rings (SSSR count). The van der Waals surface area contributed by atoms with Gasteiger partial charge in [-0.25, -0.2) is 0 Å². The Balaban J connectivity index is 1.93. The molecule has 3 nitrogen and oxygen atoms in total. The first-order valence-corrected chi connectivity index (χ1v) is 5.49. The zero-order valence-electron chi connectivity index (χ0n) is 8.70. The predicted molar refractivity (Wildman–Crippen MR) is 51.8 cm³/mol. The van der Waals surface area contributed by atoms with Crippen LogP contribution in [0, 0.1) is 11.8 Å². The third-order valence-corrected chi connectivity index (χ3v) is 3.59. The maximum Gasteiger partial charge on any atom is 0.305 e. The highest BCUT2D eigenvalue weighted by molar-refractivity contribution is 5.69. The van der Waals surface area contributed by atoms with E-state index < -0.39 is 0 Å². The van der Waals surface area contributed by atoms with Crippen LogP contribution < -0.4 is 0 Å². The van der Waals surface area contributed by atoms with Crippen molar-refractivity contribution in [2.45, 2.75) is 38.2 Å². The summed E-state index contributed by atoms with van der Waals surface area (Å²) in [5.74, 6) is 1.05. The van der Waals surface area contributed by atoms with Crippen molar-refractivity contribution < 1.29 is 14.3 Å². The Hall–Kier alpha value is -0.570. The molecule has 3 atom stereocenters. The average Bonchev–Trinajstić information content (AvgIpc) is 2.66. The lowest BCUT2D eigenvalue weighted by molar-refractivity contribution is -0.142. The fourth-order valence-corrected chi connectivity index (χ4v) is 2.85. The molecule has 1 aliphatic heterocycles. The highest BCUT2D eigenvalue weighted by Crippen LogP contribution is 2.40. The molecular weight excluding hydrogens is 180 g/mol. The van der Waals surface area contributed by atoms with E-state index in [1.54, 1.807) is 0 Å². The van der Waals surface area contributed by atoms with Gasteiger partial charge in [-0.1, -0.05) is 6.42 Å². The Bertz CT molecular complexity index is 215. The lowest BCUT2D eigenvalue weighted by atomic mass is 9.75. The molecule has 1 saturated heterocycles. The monoisotopic (exact) mass is 198 g/mol. The number of rotatable bonds is 2. The molecule has 0 N–H and O–H groups in total. The van der Waals surface area contributed by atoms with Crippen LogP contribution >= 0.6 is 0 Å². The molecule has 0 aromatic heterocycles. The number of carbonyl (C=O) groups excluding carboxylic acids is 1. The third kappa shape index (κ3) is 1.92. The Kier molecular flexibility index (Phi) is 3.06. The second kappa shape index (κ2) is 4.30. The molecule has 3 heteroatoms. The fourth-order valence-electron chi connectivity index (χ4n) is 2.85. The fraction of sp³-hybridized carbons (Fsp3) is 0.909. The van der Waals surface area contributed by atoms with Crippen LogP contribution in [0.2, 0.25) is 0 Å². The first-order chi connectivity index (χ1) is 6.81. The van der Waals surface area contributed by atoms with Crippen molar-refractivity contribution in [1.82, 2.24) is 0 Å². The molecule has 80 valence electrons. The maximum absolute atomic E-state index is 11.2. The summed E-state index contributed by atoms with van der Waals surface area (Å²) >= 11 is 0. The minimum atomic E-state index is -0.0671. The zero-order valence-corrected chi connectivity index (χ0v) is 8.70. The number of fused-ring (bicyclic) bond motifs is 1. The van der Waals surface area contributed by atoms with Crippen molar-refractivity contribution in [3.63, 3.8) is 0 Å². The average molecular weight is 198 g/mol. The molecule has 2 fully saturated rings. The molecular formula is C11H18O3. The van der Waals surface area contributed by atoms with Gasteiger partial charge in [0.2, 0.25) is 0 Å². The van der Waals surface area contributed by atoms with Crippen molar-refractivity contribution in [3.8, 4) is 0 Å². The summed E-state index contributed by atoms with van der Waals surface area (Å²) in [7, 11) is 1.47. The Morgan fingerprint density at radius 3 is 3.07 bits per heavy atom. The first-order valence-electron chi connectivity index (χ1n) is 5.49. The van der Waals surface area contributed by atoms with E-state index in [1.807, 2.05) is 0 Å². The van der Waals surface area contributed by atoms with E-state index in [4.69, 9.17) is 9.47 Å². The van der Waals surface area contributed by atoms with E-state index in [-0.39, 0.29) is 5.97 Å². The minimum absolute atomic E-state index is 0.0671. The van der Waals surface area contributed by atoms with Gasteiger partial charge in [0.1, 0.15) is 0 Å². The van der Waals surface area contributed by atoms with E-state index in [9.17, 15) is 4.79 Å². The van der Waals surface area contributed by atoms with Gasteiger partial charge in [0, 0.05) is 13.0 Å². The topological polar surface area (TPSA) is 35.5 Å². The van der Waals surface area contributed by atoms with Gasteiger partial charge in [0.25, 0.3) is 0 Å². The Morgan fingerprint density at radius 2 is 2.29 bits per heavy atom. The van der Waals surface area contributed by atoms with Crippen molar-refractivity contribution in [1.29, 1.82) is 0 Å². The van der Waals surface area contributed by atoms with E-state index in [2.05, 4.69) is 0 Å². The summed E-state index contributed by atoms with van der Waals surface area (Å²) in [6.45, 7) is 0.882. The van der Waals surface area contributed by atoms with Crippen LogP contribution in [0.15, 0.2) is 0 Å². The lowest BCUT2D eigenvalue weighted by Gasteiger charge is -2.31. The van der Waals surface area contributed by atoms with Crippen LogP contribution in [0.3, 0.4) is 0 Å². The number of esters is 1. The van der Waals surface area contributed by atoms with Gasteiger partial charge in [-0.15, -0.1) is 0 Å². The van der Waals surface area contributed by atoms with Crippen LogP contribution in [-0.4, -0.2) is 25.8 Å². The summed E-state index contributed by atoms with van der Waals surface area (Å²) < 4.78 is 10.4. The largest absolute Gasteiger partial charge is 0.469 e. The lowest BCUT2D eigenvalue weighted by Crippen LogP contribution is -2.30. The van der Waals surface area contributed by atoms with Gasteiger partial charge in [-0.3, -0.25) is 4.79 Å². The molecule has 0 amide bonds. The van der Waals surface area contributed by atoms with Crippen LogP contribution in [0.5, 0.6) is 0 Å². The van der Waals surface area contributed by atoms with Crippen molar-refractivity contribution in [2.75, 3.05) is 13.7 Å². The molecule has 0 aromatic rings. The van der Waals surface area contributed by atoms with E-state index in [1.165, 1.54) is 26.4 Å². The van der Waals surface area contributed by atoms with Crippen molar-refractivity contribution >= 4 is 5.97 Å². The van der Waals surface area contributed by atoms with Gasteiger partial charge < -0.3 is 9.47 Å². The van der Waals surface area contributed by atoms with Crippen LogP contribution in [0.4, 0.5) is 0 Å². The molecule has 1 saturated carbocycles. The van der Waals surface area contributed by atoms with Gasteiger partial charge in [-0.05, 0) is 31.1 Å². The number of carbonyl (C=O) groups is 1. The summed E-state index contributed by atoms with van der Waals surface area (Å²) in [5.41, 5.74) is 0. The number of hydrogen-bond acceptors (Lipinski definition) is 3. The number of hydrogen-bond donors (Lipinski definition) is 0. The minimum Gasteiger partial charge on any atom is -0.469 e. The Morgan fingerprint density at radius 1 is 1.43 bits per heavy atom. The number of ether oxygens (including phenoxy) is 2. The van der Waals surface area contributed by atoms with E-state index in [0.29, 0.717) is 24.4 Å². The highest BCUT2D eigenvalue weighted by Gasteiger charge is 2.38. The molecule has 0 unspecified atom stereocenters.